The first kappa shape index (κ1) is 15.2. The Morgan fingerprint density at radius 1 is 1.20 bits per heavy atom. The zero-order chi connectivity index (χ0) is 15.1. The molecule has 2 rings (SSSR count). The summed E-state index contributed by atoms with van der Waals surface area (Å²) in [4.78, 5) is 0. The fourth-order valence-electron chi connectivity index (χ4n) is 2.86. The van der Waals surface area contributed by atoms with Gasteiger partial charge in [0, 0.05) is 11.1 Å². The van der Waals surface area contributed by atoms with Gasteiger partial charge in [-0.15, -0.1) is 0 Å². The summed E-state index contributed by atoms with van der Waals surface area (Å²) >= 11 is 0. The number of halogens is 5. The second-order valence-corrected chi connectivity index (χ2v) is 5.55. The Kier molecular flexibility index (Phi) is 3.79. The fraction of sp³-hybridized carbons (Fsp3) is 0.571. The van der Waals surface area contributed by atoms with Crippen LogP contribution in [0.3, 0.4) is 0 Å². The standard InChI is InChI=1S/C14H16F5N/c1-8-4-5-10(12(16)11(8)15)13(20)6-2-3-9(7-13)14(17,18)19/h4-5,9H,2-3,6-7,20H2,1H3. The molecule has 1 aliphatic carbocycles. The Hall–Kier alpha value is -1.17. The molecule has 6 heteroatoms. The van der Waals surface area contributed by atoms with Crippen LogP contribution in [0.2, 0.25) is 0 Å². The Morgan fingerprint density at radius 3 is 2.45 bits per heavy atom. The lowest BCUT2D eigenvalue weighted by Crippen LogP contribution is -2.45. The molecule has 1 aliphatic rings. The van der Waals surface area contributed by atoms with Crippen molar-refractivity contribution in [1.82, 2.24) is 0 Å². The lowest BCUT2D eigenvalue weighted by atomic mass is 9.72. The number of alkyl halides is 3. The summed E-state index contributed by atoms with van der Waals surface area (Å²) in [6.45, 7) is 1.39. The number of benzene rings is 1. The summed E-state index contributed by atoms with van der Waals surface area (Å²) in [5.41, 5.74) is 4.47. The van der Waals surface area contributed by atoms with Crippen LogP contribution in [0.1, 0.15) is 36.8 Å². The van der Waals surface area contributed by atoms with Crippen LogP contribution in [0.5, 0.6) is 0 Å². The van der Waals surface area contributed by atoms with Crippen LogP contribution in [0, 0.1) is 24.5 Å². The highest BCUT2D eigenvalue weighted by Crippen LogP contribution is 2.45. The highest BCUT2D eigenvalue weighted by atomic mass is 19.4. The molecule has 0 aliphatic heterocycles. The maximum absolute atomic E-state index is 14.0. The lowest BCUT2D eigenvalue weighted by molar-refractivity contribution is -0.187. The number of rotatable bonds is 1. The van der Waals surface area contributed by atoms with E-state index in [0.717, 1.165) is 0 Å². The fourth-order valence-corrected chi connectivity index (χ4v) is 2.86. The first-order valence-electron chi connectivity index (χ1n) is 6.46. The summed E-state index contributed by atoms with van der Waals surface area (Å²) in [5.74, 6) is -3.73. The van der Waals surface area contributed by atoms with E-state index >= 15 is 0 Å². The summed E-state index contributed by atoms with van der Waals surface area (Å²) in [6.07, 6.45) is -4.31. The highest BCUT2D eigenvalue weighted by molar-refractivity contribution is 5.31. The molecule has 0 heterocycles. The third-order valence-corrected chi connectivity index (χ3v) is 4.06. The van der Waals surface area contributed by atoms with Gasteiger partial charge in [0.25, 0.3) is 0 Å². The molecule has 0 bridgehead atoms. The van der Waals surface area contributed by atoms with Gasteiger partial charge in [-0.25, -0.2) is 8.78 Å². The van der Waals surface area contributed by atoms with Crippen molar-refractivity contribution in [2.24, 2.45) is 11.7 Å². The molecule has 1 aromatic carbocycles. The Bertz CT molecular complexity index is 511. The Labute approximate surface area is 114 Å². The predicted octanol–water partition coefficient (Wildman–Crippen LogP) is 4.18. The van der Waals surface area contributed by atoms with Crippen molar-refractivity contribution < 1.29 is 22.0 Å². The molecule has 20 heavy (non-hydrogen) atoms. The summed E-state index contributed by atoms with van der Waals surface area (Å²) in [6, 6.07) is 2.64. The number of nitrogens with two attached hydrogens (primary N) is 1. The molecule has 1 aromatic rings. The number of hydrogen-bond donors (Lipinski definition) is 1. The van der Waals surface area contributed by atoms with Crippen molar-refractivity contribution in [3.8, 4) is 0 Å². The first-order valence-corrected chi connectivity index (χ1v) is 6.46. The third-order valence-electron chi connectivity index (χ3n) is 4.06. The van der Waals surface area contributed by atoms with Crippen LogP contribution in [-0.4, -0.2) is 6.18 Å². The monoisotopic (exact) mass is 293 g/mol. The van der Waals surface area contributed by atoms with E-state index in [0.29, 0.717) is 0 Å². The van der Waals surface area contributed by atoms with E-state index in [-0.39, 0.29) is 30.4 Å². The largest absolute Gasteiger partial charge is 0.391 e. The van der Waals surface area contributed by atoms with E-state index in [2.05, 4.69) is 0 Å². The van der Waals surface area contributed by atoms with Crippen LogP contribution in [0.4, 0.5) is 22.0 Å². The van der Waals surface area contributed by atoms with Crippen LogP contribution in [0.25, 0.3) is 0 Å². The molecule has 1 saturated carbocycles. The number of hydrogen-bond acceptors (Lipinski definition) is 1. The minimum atomic E-state index is -4.36. The Morgan fingerprint density at radius 2 is 1.85 bits per heavy atom. The molecular weight excluding hydrogens is 277 g/mol. The molecule has 2 N–H and O–H groups in total. The van der Waals surface area contributed by atoms with E-state index in [1.165, 1.54) is 19.1 Å². The average molecular weight is 293 g/mol. The van der Waals surface area contributed by atoms with Gasteiger partial charge in [0.05, 0.1) is 5.92 Å². The minimum Gasteiger partial charge on any atom is -0.321 e. The summed E-state index contributed by atoms with van der Waals surface area (Å²) < 4.78 is 66.0. The van der Waals surface area contributed by atoms with Crippen molar-refractivity contribution >= 4 is 0 Å². The van der Waals surface area contributed by atoms with E-state index in [4.69, 9.17) is 5.73 Å². The van der Waals surface area contributed by atoms with Gasteiger partial charge in [-0.05, 0) is 31.7 Å². The molecule has 0 spiro atoms. The zero-order valence-electron chi connectivity index (χ0n) is 11.0. The van der Waals surface area contributed by atoms with Gasteiger partial charge in [0.2, 0.25) is 0 Å². The van der Waals surface area contributed by atoms with Crippen LogP contribution in [-0.2, 0) is 5.54 Å². The molecular formula is C14H16F5N. The predicted molar refractivity (Wildman–Crippen MR) is 65.0 cm³/mol. The van der Waals surface area contributed by atoms with Gasteiger partial charge < -0.3 is 5.73 Å². The normalized spacial score (nSPS) is 27.6. The first-order chi connectivity index (χ1) is 9.15. The smallest absolute Gasteiger partial charge is 0.321 e. The quantitative estimate of drug-likeness (QED) is 0.772. The molecule has 112 valence electrons. The molecule has 0 radical (unpaired) electrons. The lowest BCUT2D eigenvalue weighted by Gasteiger charge is -2.39. The Balaban J connectivity index is 2.38. The van der Waals surface area contributed by atoms with E-state index in [1.807, 2.05) is 0 Å². The van der Waals surface area contributed by atoms with Gasteiger partial charge in [-0.2, -0.15) is 13.2 Å². The highest BCUT2D eigenvalue weighted by Gasteiger charge is 2.47. The maximum atomic E-state index is 14.0. The van der Waals surface area contributed by atoms with Crippen LogP contribution in [0.15, 0.2) is 12.1 Å². The second-order valence-electron chi connectivity index (χ2n) is 5.55. The summed E-state index contributed by atoms with van der Waals surface area (Å²) in [7, 11) is 0. The third kappa shape index (κ3) is 2.66. The van der Waals surface area contributed by atoms with Crippen molar-refractivity contribution in [2.45, 2.75) is 44.3 Å². The summed E-state index contributed by atoms with van der Waals surface area (Å²) in [5, 5.41) is 0. The molecule has 1 fully saturated rings. The minimum absolute atomic E-state index is 0.0155. The van der Waals surface area contributed by atoms with Gasteiger partial charge in [-0.3, -0.25) is 0 Å². The molecule has 2 unspecified atom stereocenters. The van der Waals surface area contributed by atoms with Crippen molar-refractivity contribution in [3.63, 3.8) is 0 Å². The van der Waals surface area contributed by atoms with E-state index in [9.17, 15) is 22.0 Å². The second kappa shape index (κ2) is 4.98. The molecule has 0 saturated heterocycles. The van der Waals surface area contributed by atoms with E-state index in [1.54, 1.807) is 0 Å². The van der Waals surface area contributed by atoms with Crippen molar-refractivity contribution in [1.29, 1.82) is 0 Å². The van der Waals surface area contributed by atoms with Crippen LogP contribution < -0.4 is 5.73 Å². The van der Waals surface area contributed by atoms with Gasteiger partial charge >= 0.3 is 6.18 Å². The molecule has 1 nitrogen and oxygen atoms in total. The maximum Gasteiger partial charge on any atom is 0.391 e. The molecule has 0 amide bonds. The van der Waals surface area contributed by atoms with Gasteiger partial charge in [0.15, 0.2) is 11.6 Å². The van der Waals surface area contributed by atoms with E-state index < -0.39 is 35.7 Å². The zero-order valence-corrected chi connectivity index (χ0v) is 11.0. The number of aryl methyl sites for hydroxylation is 1. The van der Waals surface area contributed by atoms with Gasteiger partial charge in [-0.1, -0.05) is 18.6 Å². The van der Waals surface area contributed by atoms with Crippen molar-refractivity contribution in [3.05, 3.63) is 34.9 Å². The van der Waals surface area contributed by atoms with Crippen molar-refractivity contribution in [2.75, 3.05) is 0 Å². The SMILES string of the molecule is Cc1ccc(C2(N)CCCC(C(F)(F)F)C2)c(F)c1F. The average Bonchev–Trinajstić information content (AvgIpc) is 2.35. The van der Waals surface area contributed by atoms with Gasteiger partial charge in [0.1, 0.15) is 0 Å². The molecule has 0 aromatic heterocycles. The topological polar surface area (TPSA) is 26.0 Å². The van der Waals surface area contributed by atoms with Crippen LogP contribution >= 0.6 is 0 Å². The molecule has 2 atom stereocenters.